The van der Waals surface area contributed by atoms with Gasteiger partial charge in [-0.15, -0.1) is 5.10 Å². The first-order valence-corrected chi connectivity index (χ1v) is 15.0. The number of hydrogen-bond acceptors (Lipinski definition) is 6. The standard InChI is InChI=1S/C32H40N6O5/c1-23(2)20-37(27-19-25(21-36(22-27)32(41)42)30(39)35-15-17-43-18-16-35)31(40)29-28(14-13-24-9-5-3-6-10-24)38(34-33-29)26-11-7-4-8-12-26/h3-12,23,25,27H,13-22H2,1-2H3,(H,41,42)/t25-,27+/m1/s1. The maximum Gasteiger partial charge on any atom is 0.407 e. The molecular formula is C32H40N6O5. The van der Waals surface area contributed by atoms with Gasteiger partial charge in [-0.1, -0.05) is 67.6 Å². The molecule has 0 unspecified atom stereocenters. The minimum atomic E-state index is -1.10. The summed E-state index contributed by atoms with van der Waals surface area (Å²) in [5, 5.41) is 18.8. The largest absolute Gasteiger partial charge is 0.465 e. The van der Waals surface area contributed by atoms with E-state index >= 15 is 0 Å². The molecule has 11 nitrogen and oxygen atoms in total. The van der Waals surface area contributed by atoms with Crippen molar-refractivity contribution in [3.8, 4) is 5.69 Å². The lowest BCUT2D eigenvalue weighted by molar-refractivity contribution is -0.142. The van der Waals surface area contributed by atoms with Crippen LogP contribution in [-0.2, 0) is 22.4 Å². The van der Waals surface area contributed by atoms with E-state index in [0.717, 1.165) is 11.3 Å². The summed E-state index contributed by atoms with van der Waals surface area (Å²) < 4.78 is 7.13. The minimum Gasteiger partial charge on any atom is -0.465 e. The van der Waals surface area contributed by atoms with E-state index in [2.05, 4.69) is 22.4 Å². The van der Waals surface area contributed by atoms with Crippen LogP contribution >= 0.6 is 0 Å². The molecule has 2 aliphatic rings. The number of aromatic nitrogens is 3. The van der Waals surface area contributed by atoms with E-state index in [1.165, 1.54) is 4.90 Å². The average Bonchev–Trinajstić information content (AvgIpc) is 3.47. The van der Waals surface area contributed by atoms with Crippen molar-refractivity contribution in [1.82, 2.24) is 29.7 Å². The first-order chi connectivity index (χ1) is 20.8. The third-order valence-corrected chi connectivity index (χ3v) is 8.09. The monoisotopic (exact) mass is 588 g/mol. The summed E-state index contributed by atoms with van der Waals surface area (Å²) in [6.45, 7) is 6.56. The van der Waals surface area contributed by atoms with Crippen LogP contribution in [0.4, 0.5) is 4.79 Å². The van der Waals surface area contributed by atoms with Gasteiger partial charge >= 0.3 is 6.09 Å². The molecule has 0 radical (unpaired) electrons. The first-order valence-electron chi connectivity index (χ1n) is 15.0. The summed E-state index contributed by atoms with van der Waals surface area (Å²) in [5.41, 5.74) is 2.89. The number of benzene rings is 2. The Balaban J connectivity index is 1.47. The van der Waals surface area contributed by atoms with Crippen molar-refractivity contribution in [3.63, 3.8) is 0 Å². The predicted molar refractivity (Wildman–Crippen MR) is 160 cm³/mol. The fourth-order valence-electron chi connectivity index (χ4n) is 5.98. The molecule has 0 bridgehead atoms. The van der Waals surface area contributed by atoms with Gasteiger partial charge in [0.2, 0.25) is 5.91 Å². The molecule has 0 aliphatic carbocycles. The fourth-order valence-corrected chi connectivity index (χ4v) is 5.98. The molecule has 0 saturated carbocycles. The van der Waals surface area contributed by atoms with E-state index < -0.39 is 18.1 Å². The predicted octanol–water partition coefficient (Wildman–Crippen LogP) is 3.38. The number of piperidine rings is 1. The molecule has 2 aromatic carbocycles. The minimum absolute atomic E-state index is 0.0882. The zero-order chi connectivity index (χ0) is 30.3. The number of carbonyl (C=O) groups is 3. The average molecular weight is 589 g/mol. The number of hydrogen-bond donors (Lipinski definition) is 1. The quantitative estimate of drug-likeness (QED) is 0.407. The first kappa shape index (κ1) is 30.2. The van der Waals surface area contributed by atoms with Gasteiger partial charge in [0.1, 0.15) is 0 Å². The van der Waals surface area contributed by atoms with Crippen LogP contribution in [-0.4, -0.2) is 105 Å². The number of ether oxygens (including phenoxy) is 1. The van der Waals surface area contributed by atoms with E-state index in [9.17, 15) is 19.5 Å². The van der Waals surface area contributed by atoms with Crippen LogP contribution in [0.15, 0.2) is 60.7 Å². The molecule has 43 heavy (non-hydrogen) atoms. The van der Waals surface area contributed by atoms with Crippen molar-refractivity contribution >= 4 is 17.9 Å². The highest BCUT2D eigenvalue weighted by Gasteiger charge is 2.41. The van der Waals surface area contributed by atoms with Gasteiger partial charge in [-0.2, -0.15) is 0 Å². The van der Waals surface area contributed by atoms with Crippen LogP contribution < -0.4 is 0 Å². The van der Waals surface area contributed by atoms with Crippen LogP contribution in [0.3, 0.4) is 0 Å². The Morgan fingerprint density at radius 3 is 2.28 bits per heavy atom. The van der Waals surface area contributed by atoms with Gasteiger partial charge in [0.15, 0.2) is 5.69 Å². The molecule has 5 rings (SSSR count). The Hall–Kier alpha value is -4.25. The van der Waals surface area contributed by atoms with Crippen molar-refractivity contribution in [2.24, 2.45) is 11.8 Å². The van der Waals surface area contributed by atoms with Gasteiger partial charge in [0, 0.05) is 32.7 Å². The second-order valence-electron chi connectivity index (χ2n) is 11.7. The zero-order valence-corrected chi connectivity index (χ0v) is 24.8. The van der Waals surface area contributed by atoms with Gasteiger partial charge in [-0.25, -0.2) is 9.48 Å². The molecule has 3 aromatic rings. The number of likely N-dealkylation sites (tertiary alicyclic amines) is 1. The van der Waals surface area contributed by atoms with Crippen LogP contribution in [0.25, 0.3) is 5.69 Å². The Bertz CT molecular complexity index is 1390. The lowest BCUT2D eigenvalue weighted by Crippen LogP contribution is -2.58. The number of carbonyl (C=O) groups excluding carboxylic acids is 2. The number of morpholine rings is 1. The van der Waals surface area contributed by atoms with Crippen molar-refractivity contribution in [2.75, 3.05) is 45.9 Å². The molecule has 0 spiro atoms. The van der Waals surface area contributed by atoms with E-state index in [-0.39, 0.29) is 36.5 Å². The summed E-state index contributed by atoms with van der Waals surface area (Å²) in [6.07, 6.45) is 0.509. The zero-order valence-electron chi connectivity index (χ0n) is 24.8. The second-order valence-corrected chi connectivity index (χ2v) is 11.7. The maximum absolute atomic E-state index is 14.4. The van der Waals surface area contributed by atoms with E-state index in [1.807, 2.05) is 62.4 Å². The molecular weight excluding hydrogens is 548 g/mol. The molecule has 2 aliphatic heterocycles. The summed E-state index contributed by atoms with van der Waals surface area (Å²) >= 11 is 0. The Morgan fingerprint density at radius 2 is 1.63 bits per heavy atom. The molecule has 11 heteroatoms. The smallest absolute Gasteiger partial charge is 0.407 e. The van der Waals surface area contributed by atoms with Gasteiger partial charge in [-0.3, -0.25) is 9.59 Å². The number of carboxylic acid groups (broad SMARTS) is 1. The molecule has 3 amide bonds. The highest BCUT2D eigenvalue weighted by atomic mass is 16.5. The molecule has 228 valence electrons. The maximum atomic E-state index is 14.4. The molecule has 3 heterocycles. The molecule has 2 fully saturated rings. The van der Waals surface area contributed by atoms with E-state index in [1.54, 1.807) is 14.5 Å². The highest BCUT2D eigenvalue weighted by Crippen LogP contribution is 2.27. The van der Waals surface area contributed by atoms with Crippen LogP contribution in [0.1, 0.15) is 42.0 Å². The summed E-state index contributed by atoms with van der Waals surface area (Å²) in [6, 6.07) is 19.2. The van der Waals surface area contributed by atoms with Gasteiger partial charge in [0.25, 0.3) is 5.91 Å². The summed E-state index contributed by atoms with van der Waals surface area (Å²) in [4.78, 5) is 44.9. The number of aryl methyl sites for hydroxylation is 1. The third-order valence-electron chi connectivity index (χ3n) is 8.09. The second kappa shape index (κ2) is 13.8. The lowest BCUT2D eigenvalue weighted by Gasteiger charge is -2.43. The Labute approximate surface area is 252 Å². The molecule has 1 N–H and O–H groups in total. The van der Waals surface area contributed by atoms with Gasteiger partial charge in [0.05, 0.1) is 36.6 Å². The Kier molecular flexibility index (Phi) is 9.71. The number of para-hydroxylation sites is 1. The third kappa shape index (κ3) is 7.22. The van der Waals surface area contributed by atoms with Crippen LogP contribution in [0.5, 0.6) is 0 Å². The number of amides is 3. The van der Waals surface area contributed by atoms with Crippen LogP contribution in [0.2, 0.25) is 0 Å². The van der Waals surface area contributed by atoms with Crippen molar-refractivity contribution < 1.29 is 24.2 Å². The SMILES string of the molecule is CC(C)CN(C(=O)c1nnn(-c2ccccc2)c1CCc1ccccc1)[C@H]1C[C@@H](C(=O)N2CCOCC2)CN(C(=O)O)C1. The van der Waals surface area contributed by atoms with Crippen molar-refractivity contribution in [1.29, 1.82) is 0 Å². The fraction of sp³-hybridized carbons (Fsp3) is 0.469. The highest BCUT2D eigenvalue weighted by molar-refractivity contribution is 5.94. The van der Waals surface area contributed by atoms with Crippen molar-refractivity contribution in [3.05, 3.63) is 77.6 Å². The normalized spacial score (nSPS) is 19.0. The van der Waals surface area contributed by atoms with E-state index in [0.29, 0.717) is 57.8 Å². The summed E-state index contributed by atoms with van der Waals surface area (Å²) in [5.74, 6) is -0.828. The number of nitrogens with zero attached hydrogens (tertiary/aromatic N) is 6. The topological polar surface area (TPSA) is 121 Å². The van der Waals surface area contributed by atoms with Gasteiger partial charge in [-0.05, 0) is 42.9 Å². The summed E-state index contributed by atoms with van der Waals surface area (Å²) in [7, 11) is 0. The molecule has 1 aromatic heterocycles. The van der Waals surface area contributed by atoms with E-state index in [4.69, 9.17) is 4.74 Å². The lowest BCUT2D eigenvalue weighted by atomic mass is 9.91. The molecule has 2 saturated heterocycles. The van der Waals surface area contributed by atoms with Crippen molar-refractivity contribution in [2.45, 2.75) is 39.2 Å². The number of rotatable bonds is 9. The Morgan fingerprint density at radius 1 is 0.953 bits per heavy atom. The molecule has 2 atom stereocenters. The van der Waals surface area contributed by atoms with Gasteiger partial charge < -0.3 is 24.5 Å². The van der Waals surface area contributed by atoms with Crippen LogP contribution in [0, 0.1) is 11.8 Å².